The number of para-hydroxylation sites is 1. The Morgan fingerprint density at radius 3 is 2.58 bits per heavy atom. The van der Waals surface area contributed by atoms with Gasteiger partial charge in [0.1, 0.15) is 10.6 Å². The highest BCUT2D eigenvalue weighted by Gasteiger charge is 2.18. The summed E-state index contributed by atoms with van der Waals surface area (Å²) in [6, 6.07) is 6.69. The summed E-state index contributed by atoms with van der Waals surface area (Å²) in [5, 5.41) is 3.12. The molecular formula is C13H21NO4S. The van der Waals surface area contributed by atoms with Crippen molar-refractivity contribution in [3.63, 3.8) is 0 Å². The van der Waals surface area contributed by atoms with Gasteiger partial charge in [-0.2, -0.15) is 0 Å². The van der Waals surface area contributed by atoms with Crippen LogP contribution >= 0.6 is 0 Å². The summed E-state index contributed by atoms with van der Waals surface area (Å²) < 4.78 is 34.3. The number of benzene rings is 1. The van der Waals surface area contributed by atoms with Gasteiger partial charge in [-0.25, -0.2) is 8.42 Å². The van der Waals surface area contributed by atoms with Crippen molar-refractivity contribution >= 4 is 9.84 Å². The van der Waals surface area contributed by atoms with Crippen LogP contribution < -0.4 is 10.1 Å². The molecule has 0 aliphatic heterocycles. The highest BCUT2D eigenvalue weighted by atomic mass is 32.2. The molecule has 1 aromatic rings. The van der Waals surface area contributed by atoms with Gasteiger partial charge in [-0.05, 0) is 25.1 Å². The van der Waals surface area contributed by atoms with Crippen molar-refractivity contribution in [1.29, 1.82) is 0 Å². The Balaban J connectivity index is 2.52. The van der Waals surface area contributed by atoms with Gasteiger partial charge in [0, 0.05) is 13.7 Å². The quantitative estimate of drug-likeness (QED) is 0.689. The zero-order valence-corrected chi connectivity index (χ0v) is 12.2. The third kappa shape index (κ3) is 5.18. The van der Waals surface area contributed by atoms with E-state index in [1.165, 1.54) is 7.11 Å². The molecule has 5 nitrogen and oxygen atoms in total. The van der Waals surface area contributed by atoms with E-state index in [1.54, 1.807) is 31.4 Å². The van der Waals surface area contributed by atoms with Gasteiger partial charge < -0.3 is 14.8 Å². The summed E-state index contributed by atoms with van der Waals surface area (Å²) in [7, 11) is -0.186. The molecule has 0 bridgehead atoms. The van der Waals surface area contributed by atoms with Crippen molar-refractivity contribution in [2.75, 3.05) is 39.7 Å². The van der Waals surface area contributed by atoms with Crippen LogP contribution in [0, 0.1) is 0 Å². The smallest absolute Gasteiger partial charge is 0.182 e. The Labute approximate surface area is 114 Å². The van der Waals surface area contributed by atoms with Gasteiger partial charge in [-0.1, -0.05) is 12.1 Å². The molecule has 0 heterocycles. The van der Waals surface area contributed by atoms with E-state index in [4.69, 9.17) is 9.47 Å². The molecule has 108 valence electrons. The van der Waals surface area contributed by atoms with E-state index in [1.807, 2.05) is 0 Å². The summed E-state index contributed by atoms with van der Waals surface area (Å²) in [4.78, 5) is 0.259. The number of nitrogens with one attached hydrogen (secondary N) is 1. The summed E-state index contributed by atoms with van der Waals surface area (Å²) in [5.74, 6) is 0.503. The fourth-order valence-corrected chi connectivity index (χ4v) is 3.16. The average molecular weight is 287 g/mol. The van der Waals surface area contributed by atoms with Crippen LogP contribution in [0.5, 0.6) is 5.75 Å². The van der Waals surface area contributed by atoms with Gasteiger partial charge in [0.25, 0.3) is 0 Å². The second-order valence-corrected chi connectivity index (χ2v) is 6.14. The zero-order valence-electron chi connectivity index (χ0n) is 11.4. The normalized spacial score (nSPS) is 11.5. The predicted molar refractivity (Wildman–Crippen MR) is 74.4 cm³/mol. The standard InChI is InChI=1S/C13H21NO4S/c1-17-10-9-14-8-5-11-19(15,16)13-7-4-3-6-12(13)18-2/h3-4,6-7,14H,5,8-11H2,1-2H3. The van der Waals surface area contributed by atoms with Crippen LogP contribution in [-0.4, -0.2) is 48.1 Å². The molecule has 0 aromatic heterocycles. The molecule has 0 saturated heterocycles. The van der Waals surface area contributed by atoms with Crippen molar-refractivity contribution in [2.24, 2.45) is 0 Å². The largest absolute Gasteiger partial charge is 0.495 e. The number of ether oxygens (including phenoxy) is 2. The van der Waals surface area contributed by atoms with Gasteiger partial charge in [0.05, 0.1) is 19.5 Å². The summed E-state index contributed by atoms with van der Waals surface area (Å²) in [5.41, 5.74) is 0. The van der Waals surface area contributed by atoms with Crippen LogP contribution in [-0.2, 0) is 14.6 Å². The highest BCUT2D eigenvalue weighted by molar-refractivity contribution is 7.91. The van der Waals surface area contributed by atoms with Crippen molar-refractivity contribution in [3.05, 3.63) is 24.3 Å². The Morgan fingerprint density at radius 2 is 1.89 bits per heavy atom. The van der Waals surface area contributed by atoms with Crippen molar-refractivity contribution in [3.8, 4) is 5.75 Å². The Morgan fingerprint density at radius 1 is 1.16 bits per heavy atom. The van der Waals surface area contributed by atoms with E-state index in [2.05, 4.69) is 5.32 Å². The highest BCUT2D eigenvalue weighted by Crippen LogP contribution is 2.24. The van der Waals surface area contributed by atoms with Gasteiger partial charge >= 0.3 is 0 Å². The monoisotopic (exact) mass is 287 g/mol. The van der Waals surface area contributed by atoms with E-state index >= 15 is 0 Å². The minimum absolute atomic E-state index is 0.105. The van der Waals surface area contributed by atoms with Gasteiger partial charge in [-0.3, -0.25) is 0 Å². The lowest BCUT2D eigenvalue weighted by Gasteiger charge is -2.09. The molecule has 0 radical (unpaired) electrons. The number of sulfone groups is 1. The third-order valence-corrected chi connectivity index (χ3v) is 4.49. The lowest BCUT2D eigenvalue weighted by atomic mass is 10.3. The maximum atomic E-state index is 12.2. The van der Waals surface area contributed by atoms with Gasteiger partial charge in [0.2, 0.25) is 0 Å². The topological polar surface area (TPSA) is 64.6 Å². The molecule has 0 aliphatic carbocycles. The molecule has 1 aromatic carbocycles. The van der Waals surface area contributed by atoms with Crippen LogP contribution in [0.15, 0.2) is 29.2 Å². The molecule has 1 rings (SSSR count). The molecule has 1 N–H and O–H groups in total. The third-order valence-electron chi connectivity index (χ3n) is 2.65. The van der Waals surface area contributed by atoms with Crippen LogP contribution in [0.2, 0.25) is 0 Å². The molecule has 0 fully saturated rings. The molecular weight excluding hydrogens is 266 g/mol. The number of hydrogen-bond acceptors (Lipinski definition) is 5. The molecule has 6 heteroatoms. The first-order chi connectivity index (χ1) is 9.11. The molecule has 0 spiro atoms. The van der Waals surface area contributed by atoms with Crippen LogP contribution in [0.4, 0.5) is 0 Å². The van der Waals surface area contributed by atoms with E-state index in [-0.39, 0.29) is 10.6 Å². The Bertz CT molecular complexity index is 473. The minimum atomic E-state index is -3.29. The van der Waals surface area contributed by atoms with Crippen LogP contribution in [0.1, 0.15) is 6.42 Å². The minimum Gasteiger partial charge on any atom is -0.495 e. The first kappa shape index (κ1) is 15.9. The Hall–Kier alpha value is -1.11. The number of rotatable bonds is 9. The lowest BCUT2D eigenvalue weighted by molar-refractivity contribution is 0.199. The second-order valence-electron chi connectivity index (χ2n) is 4.07. The predicted octanol–water partition coefficient (Wildman–Crippen LogP) is 1.09. The Kier molecular flexibility index (Phi) is 6.83. The molecule has 0 amide bonds. The second kappa shape index (κ2) is 8.14. The van der Waals surface area contributed by atoms with Gasteiger partial charge in [0.15, 0.2) is 9.84 Å². The zero-order chi connectivity index (χ0) is 14.1. The average Bonchev–Trinajstić information content (AvgIpc) is 2.42. The first-order valence-corrected chi connectivity index (χ1v) is 7.82. The SMILES string of the molecule is COCCNCCCS(=O)(=O)c1ccccc1OC. The maximum absolute atomic E-state index is 12.2. The first-order valence-electron chi connectivity index (χ1n) is 6.17. The van der Waals surface area contributed by atoms with E-state index in [0.29, 0.717) is 25.3 Å². The molecule has 0 saturated carbocycles. The molecule has 0 aliphatic rings. The summed E-state index contributed by atoms with van der Waals surface area (Å²) in [6.45, 7) is 2.00. The van der Waals surface area contributed by atoms with Crippen molar-refractivity contribution in [1.82, 2.24) is 5.32 Å². The summed E-state index contributed by atoms with van der Waals surface area (Å²) in [6.07, 6.45) is 0.560. The molecule has 0 atom stereocenters. The summed E-state index contributed by atoms with van der Waals surface area (Å²) >= 11 is 0. The molecule has 19 heavy (non-hydrogen) atoms. The molecule has 0 unspecified atom stereocenters. The van der Waals surface area contributed by atoms with Crippen molar-refractivity contribution < 1.29 is 17.9 Å². The number of hydrogen-bond donors (Lipinski definition) is 1. The fraction of sp³-hybridized carbons (Fsp3) is 0.538. The number of methoxy groups -OCH3 is 2. The maximum Gasteiger partial charge on any atom is 0.182 e. The van der Waals surface area contributed by atoms with E-state index in [9.17, 15) is 8.42 Å². The lowest BCUT2D eigenvalue weighted by Crippen LogP contribution is -2.22. The van der Waals surface area contributed by atoms with E-state index in [0.717, 1.165) is 6.54 Å². The van der Waals surface area contributed by atoms with Crippen LogP contribution in [0.25, 0.3) is 0 Å². The van der Waals surface area contributed by atoms with E-state index < -0.39 is 9.84 Å². The van der Waals surface area contributed by atoms with Crippen LogP contribution in [0.3, 0.4) is 0 Å². The van der Waals surface area contributed by atoms with Gasteiger partial charge in [-0.15, -0.1) is 0 Å². The fourth-order valence-electron chi connectivity index (χ4n) is 1.67. The van der Waals surface area contributed by atoms with Crippen molar-refractivity contribution in [2.45, 2.75) is 11.3 Å².